The molecule has 0 bridgehead atoms. The Kier molecular flexibility index (Phi) is 7.78. The first kappa shape index (κ1) is 22.9. The van der Waals surface area contributed by atoms with E-state index in [0.29, 0.717) is 11.1 Å². The molecule has 0 heterocycles. The number of hydrogen-bond donors (Lipinski definition) is 3. The lowest BCUT2D eigenvalue weighted by Crippen LogP contribution is -2.47. The topological polar surface area (TPSA) is 75.7 Å². The van der Waals surface area contributed by atoms with E-state index >= 15 is 0 Å². The first-order valence-corrected chi connectivity index (χ1v) is 8.92. The summed E-state index contributed by atoms with van der Waals surface area (Å²) in [5.41, 5.74) is 4.65. The Bertz CT molecular complexity index is 816. The highest BCUT2D eigenvalue weighted by molar-refractivity contribution is 5.49. The van der Waals surface area contributed by atoms with Gasteiger partial charge in [-0.2, -0.15) is 13.2 Å². The molecular weight excluding hydrogens is 390 g/mol. The van der Waals surface area contributed by atoms with Crippen molar-refractivity contribution in [2.24, 2.45) is 5.73 Å². The van der Waals surface area contributed by atoms with Gasteiger partial charge in [0.05, 0.1) is 24.3 Å². The van der Waals surface area contributed by atoms with Crippen LogP contribution in [0.5, 0.6) is 5.75 Å². The van der Waals surface area contributed by atoms with E-state index in [9.17, 15) is 27.8 Å². The molecule has 2 aromatic rings. The SMILES string of the molecule is NC(CO)(CO)CCc1ccc(OCC=Cc2ccc(F)cc2)c(C(F)(F)F)c1. The van der Waals surface area contributed by atoms with E-state index in [1.165, 1.54) is 42.5 Å². The Labute approximate surface area is 166 Å². The van der Waals surface area contributed by atoms with Crippen LogP contribution in [0.3, 0.4) is 0 Å². The number of halogens is 4. The average Bonchev–Trinajstić information content (AvgIpc) is 2.70. The summed E-state index contributed by atoms with van der Waals surface area (Å²) in [6, 6.07) is 9.35. The highest BCUT2D eigenvalue weighted by atomic mass is 19.4. The Morgan fingerprint density at radius 3 is 2.24 bits per heavy atom. The quantitative estimate of drug-likeness (QED) is 0.550. The normalized spacial score (nSPS) is 12.5. The number of aliphatic hydroxyl groups excluding tert-OH is 2. The van der Waals surface area contributed by atoms with Gasteiger partial charge < -0.3 is 20.7 Å². The van der Waals surface area contributed by atoms with E-state index in [-0.39, 0.29) is 31.0 Å². The molecule has 4 N–H and O–H groups in total. The maximum atomic E-state index is 13.4. The number of hydrogen-bond acceptors (Lipinski definition) is 4. The summed E-state index contributed by atoms with van der Waals surface area (Å²) in [5, 5.41) is 18.4. The van der Waals surface area contributed by atoms with Crippen molar-refractivity contribution in [1.82, 2.24) is 0 Å². The van der Waals surface area contributed by atoms with E-state index in [1.54, 1.807) is 6.08 Å². The van der Waals surface area contributed by atoms with Gasteiger partial charge in [-0.15, -0.1) is 0 Å². The van der Waals surface area contributed by atoms with Crippen molar-refractivity contribution in [2.45, 2.75) is 24.6 Å². The molecule has 0 saturated heterocycles. The second-order valence-electron chi connectivity index (χ2n) is 6.77. The van der Waals surface area contributed by atoms with Crippen LogP contribution in [0.2, 0.25) is 0 Å². The maximum absolute atomic E-state index is 13.4. The fourth-order valence-electron chi connectivity index (χ4n) is 2.58. The summed E-state index contributed by atoms with van der Waals surface area (Å²) in [6.07, 6.45) is -1.18. The van der Waals surface area contributed by atoms with Gasteiger partial charge in [-0.25, -0.2) is 4.39 Å². The molecule has 0 aliphatic rings. The van der Waals surface area contributed by atoms with Gasteiger partial charge in [0.25, 0.3) is 0 Å². The summed E-state index contributed by atoms with van der Waals surface area (Å²) in [5.74, 6) is -0.688. The summed E-state index contributed by atoms with van der Waals surface area (Å²) >= 11 is 0. The zero-order chi connectivity index (χ0) is 21.5. The molecule has 2 aromatic carbocycles. The van der Waals surface area contributed by atoms with E-state index in [1.807, 2.05) is 0 Å². The molecule has 158 valence electrons. The molecule has 2 rings (SSSR count). The molecule has 4 nitrogen and oxygen atoms in total. The third-order valence-corrected chi connectivity index (χ3v) is 4.41. The fourth-order valence-corrected chi connectivity index (χ4v) is 2.58. The second kappa shape index (κ2) is 9.87. The van der Waals surface area contributed by atoms with Crippen LogP contribution in [-0.2, 0) is 12.6 Å². The number of alkyl halides is 3. The minimum absolute atomic E-state index is 0.0965. The molecule has 0 fully saturated rings. The van der Waals surface area contributed by atoms with E-state index in [2.05, 4.69) is 0 Å². The summed E-state index contributed by atoms with van der Waals surface area (Å²) < 4.78 is 58.4. The van der Waals surface area contributed by atoms with Crippen molar-refractivity contribution in [3.63, 3.8) is 0 Å². The lowest BCUT2D eigenvalue weighted by molar-refractivity contribution is -0.138. The molecule has 0 amide bonds. The van der Waals surface area contributed by atoms with Gasteiger partial charge in [0.15, 0.2) is 0 Å². The van der Waals surface area contributed by atoms with Gasteiger partial charge in [-0.1, -0.05) is 24.3 Å². The number of nitrogens with two attached hydrogens (primary N) is 1. The Hall–Kier alpha value is -2.42. The molecule has 29 heavy (non-hydrogen) atoms. The second-order valence-corrected chi connectivity index (χ2v) is 6.77. The van der Waals surface area contributed by atoms with Crippen molar-refractivity contribution >= 4 is 6.08 Å². The first-order chi connectivity index (χ1) is 13.7. The number of aliphatic hydroxyl groups is 2. The first-order valence-electron chi connectivity index (χ1n) is 8.92. The van der Waals surface area contributed by atoms with E-state index in [4.69, 9.17) is 10.5 Å². The van der Waals surface area contributed by atoms with Crippen molar-refractivity contribution in [3.05, 3.63) is 71.0 Å². The molecule has 0 spiro atoms. The van der Waals surface area contributed by atoms with Gasteiger partial charge in [0.2, 0.25) is 0 Å². The summed E-state index contributed by atoms with van der Waals surface area (Å²) in [7, 11) is 0. The lowest BCUT2D eigenvalue weighted by atomic mass is 9.93. The number of aryl methyl sites for hydroxylation is 1. The van der Waals surface area contributed by atoms with Crippen LogP contribution in [0.4, 0.5) is 17.6 Å². The Morgan fingerprint density at radius 1 is 1.00 bits per heavy atom. The van der Waals surface area contributed by atoms with Crippen LogP contribution in [0.25, 0.3) is 6.08 Å². The number of benzene rings is 2. The van der Waals surface area contributed by atoms with Crippen molar-refractivity contribution < 1.29 is 32.5 Å². The van der Waals surface area contributed by atoms with Crippen molar-refractivity contribution in [3.8, 4) is 5.75 Å². The van der Waals surface area contributed by atoms with Crippen molar-refractivity contribution in [1.29, 1.82) is 0 Å². The monoisotopic (exact) mass is 413 g/mol. The van der Waals surface area contributed by atoms with Gasteiger partial charge in [-0.05, 0) is 54.3 Å². The smallest absolute Gasteiger partial charge is 0.419 e. The van der Waals surface area contributed by atoms with Crippen LogP contribution >= 0.6 is 0 Å². The molecule has 0 aliphatic carbocycles. The number of ether oxygens (including phenoxy) is 1. The minimum Gasteiger partial charge on any atom is -0.489 e. The van der Waals surface area contributed by atoms with Crippen LogP contribution in [0, 0.1) is 5.82 Å². The largest absolute Gasteiger partial charge is 0.489 e. The fraction of sp³-hybridized carbons (Fsp3) is 0.333. The molecule has 0 aromatic heterocycles. The average molecular weight is 413 g/mol. The van der Waals surface area contributed by atoms with Crippen LogP contribution in [0.1, 0.15) is 23.1 Å². The molecule has 0 aliphatic heterocycles. The molecule has 0 saturated carbocycles. The molecule has 0 radical (unpaired) electrons. The van der Waals surface area contributed by atoms with E-state index < -0.39 is 30.5 Å². The zero-order valence-electron chi connectivity index (χ0n) is 15.6. The molecule has 8 heteroatoms. The molecular formula is C21H23F4NO3. The number of rotatable bonds is 9. The highest BCUT2D eigenvalue weighted by Gasteiger charge is 2.35. The predicted molar refractivity (Wildman–Crippen MR) is 102 cm³/mol. The minimum atomic E-state index is -4.61. The third-order valence-electron chi connectivity index (χ3n) is 4.41. The predicted octanol–water partition coefficient (Wildman–Crippen LogP) is 3.55. The van der Waals surface area contributed by atoms with Gasteiger partial charge in [0.1, 0.15) is 18.2 Å². The van der Waals surface area contributed by atoms with Gasteiger partial charge >= 0.3 is 6.18 Å². The lowest BCUT2D eigenvalue weighted by Gasteiger charge is -2.24. The zero-order valence-corrected chi connectivity index (χ0v) is 15.6. The van der Waals surface area contributed by atoms with E-state index in [0.717, 1.165) is 6.07 Å². The maximum Gasteiger partial charge on any atom is 0.419 e. The molecule has 0 atom stereocenters. The summed E-state index contributed by atoms with van der Waals surface area (Å²) in [6.45, 7) is -1.05. The van der Waals surface area contributed by atoms with Gasteiger partial charge in [-0.3, -0.25) is 0 Å². The Morgan fingerprint density at radius 2 is 1.66 bits per heavy atom. The Balaban J connectivity index is 2.08. The van der Waals surface area contributed by atoms with Crippen LogP contribution < -0.4 is 10.5 Å². The third kappa shape index (κ3) is 6.85. The highest BCUT2D eigenvalue weighted by Crippen LogP contribution is 2.37. The summed E-state index contributed by atoms with van der Waals surface area (Å²) in [4.78, 5) is 0. The molecule has 0 unspecified atom stereocenters. The van der Waals surface area contributed by atoms with Crippen molar-refractivity contribution in [2.75, 3.05) is 19.8 Å². The van der Waals surface area contributed by atoms with Gasteiger partial charge in [0, 0.05) is 0 Å². The van der Waals surface area contributed by atoms with Crippen LogP contribution in [0.15, 0.2) is 48.5 Å². The van der Waals surface area contributed by atoms with Crippen LogP contribution in [-0.4, -0.2) is 35.6 Å². The standard InChI is InChI=1S/C21H23F4NO3/c22-17-6-3-15(4-7-17)2-1-11-29-19-8-5-16(12-18(19)21(23,24)25)9-10-20(26,13-27)14-28/h1-8,12,27-28H,9-11,13-14,26H2.